The van der Waals surface area contributed by atoms with E-state index in [1.54, 1.807) is 12.5 Å². The van der Waals surface area contributed by atoms with Gasteiger partial charge in [0.2, 0.25) is 0 Å². The van der Waals surface area contributed by atoms with Crippen LogP contribution in [0.2, 0.25) is 0 Å². The van der Waals surface area contributed by atoms with E-state index in [1.807, 2.05) is 13.8 Å². The van der Waals surface area contributed by atoms with Crippen molar-refractivity contribution >= 4 is 10.4 Å². The maximum absolute atomic E-state index is 13.6. The van der Waals surface area contributed by atoms with Gasteiger partial charge >= 0.3 is 0 Å². The first-order chi connectivity index (χ1) is 4.93. The van der Waals surface area contributed by atoms with E-state index in [9.17, 15) is 3.89 Å². The number of hydrogen-bond acceptors (Lipinski definition) is 1. The van der Waals surface area contributed by atoms with Crippen LogP contribution in [0.15, 0.2) is 0 Å². The Morgan fingerprint density at radius 2 is 1.73 bits per heavy atom. The summed E-state index contributed by atoms with van der Waals surface area (Å²) in [5.41, 5.74) is 0. The highest BCUT2D eigenvalue weighted by Gasteiger charge is 2.39. The molecule has 66 valence electrons. The average molecular weight is 177 g/mol. The topological polar surface area (TPSA) is 23.8 Å². The van der Waals surface area contributed by atoms with Crippen molar-refractivity contribution in [2.75, 3.05) is 12.5 Å². The quantitative estimate of drug-likeness (QED) is 0.650. The lowest BCUT2D eigenvalue weighted by Gasteiger charge is -2.37. The lowest BCUT2D eigenvalue weighted by atomic mass is 10.1. The van der Waals surface area contributed by atoms with Crippen molar-refractivity contribution in [3.05, 3.63) is 0 Å². The molecule has 0 fully saturated rings. The second-order valence-corrected chi connectivity index (χ2v) is 6.20. The summed E-state index contributed by atoms with van der Waals surface area (Å²) in [5.74, 6) is 0. The van der Waals surface area contributed by atoms with E-state index < -0.39 is 15.2 Å². The molecule has 1 nitrogen and oxygen atoms in total. The van der Waals surface area contributed by atoms with Crippen molar-refractivity contribution in [3.63, 3.8) is 0 Å². The molecule has 0 saturated heterocycles. The molecule has 0 spiro atoms. The van der Waals surface area contributed by atoms with Crippen LogP contribution < -0.4 is 0 Å². The van der Waals surface area contributed by atoms with E-state index in [2.05, 4.69) is 6.07 Å². The molecule has 0 aliphatic heterocycles. The minimum absolute atomic E-state index is 0.610. The summed E-state index contributed by atoms with van der Waals surface area (Å²) in [7, 11) is -2.24. The first-order valence-electron chi connectivity index (χ1n) is 3.77. The van der Waals surface area contributed by atoms with Crippen LogP contribution in [0.4, 0.5) is 3.89 Å². The Labute approximate surface area is 70.2 Å². The van der Waals surface area contributed by atoms with Gasteiger partial charge in [0, 0.05) is 0 Å². The molecule has 0 aliphatic rings. The number of nitrogens with zero attached hydrogens (tertiary/aromatic N) is 1. The Kier molecular flexibility index (Phi) is 3.37. The van der Waals surface area contributed by atoms with E-state index in [0.717, 1.165) is 0 Å². The molecule has 0 N–H and O–H groups in total. The summed E-state index contributed by atoms with van der Waals surface area (Å²) >= 11 is 0. The van der Waals surface area contributed by atoms with E-state index in [1.165, 1.54) is 0 Å². The normalized spacial score (nSPS) is 14.2. The molecule has 3 heteroatoms. The molecular weight excluding hydrogens is 161 g/mol. The Morgan fingerprint density at radius 1 is 1.36 bits per heavy atom. The molecule has 0 saturated carbocycles. The molecule has 0 heterocycles. The average Bonchev–Trinajstić information content (AvgIpc) is 1.90. The van der Waals surface area contributed by atoms with Gasteiger partial charge in [0.25, 0.3) is 0 Å². The lowest BCUT2D eigenvalue weighted by Crippen LogP contribution is -2.28. The molecule has 0 radical (unpaired) electrons. The van der Waals surface area contributed by atoms with Crippen LogP contribution in [0.25, 0.3) is 0 Å². The van der Waals surface area contributed by atoms with Gasteiger partial charge in [-0.2, -0.15) is 9.15 Å². The zero-order chi connectivity index (χ0) is 9.12. The van der Waals surface area contributed by atoms with Crippen LogP contribution >= 0.6 is 10.4 Å². The summed E-state index contributed by atoms with van der Waals surface area (Å²) in [6.45, 7) is 3.75. The third-order valence-electron chi connectivity index (χ3n) is 2.28. The van der Waals surface area contributed by atoms with Gasteiger partial charge in [0.1, 0.15) is 4.75 Å². The van der Waals surface area contributed by atoms with Crippen LogP contribution in [-0.2, 0) is 0 Å². The Balaban J connectivity index is 4.73. The van der Waals surface area contributed by atoms with Crippen LogP contribution in [0.5, 0.6) is 0 Å². The summed E-state index contributed by atoms with van der Waals surface area (Å²) in [4.78, 5) is 0. The predicted molar refractivity (Wildman–Crippen MR) is 49.5 cm³/mol. The molecule has 0 aliphatic carbocycles. The van der Waals surface area contributed by atoms with Gasteiger partial charge in [-0.3, -0.25) is 0 Å². The fraction of sp³-hybridized carbons (Fsp3) is 0.875. The molecular formula is C8H16FNS. The molecule has 0 rings (SSSR count). The molecule has 0 aromatic heterocycles. The summed E-state index contributed by atoms with van der Waals surface area (Å²) in [6.07, 6.45) is 4.34. The number of hydrogen-bond donors (Lipinski definition) is 0. The summed E-state index contributed by atoms with van der Waals surface area (Å²) in [6, 6.07) is 2.12. The highest BCUT2D eigenvalue weighted by molar-refractivity contribution is 8.29. The molecule has 11 heavy (non-hydrogen) atoms. The monoisotopic (exact) mass is 177 g/mol. The largest absolute Gasteiger partial charge is 0.197 e. The Morgan fingerprint density at radius 3 is 1.73 bits per heavy atom. The molecule has 0 unspecified atom stereocenters. The smallest absolute Gasteiger partial charge is 0.111 e. The van der Waals surface area contributed by atoms with Crippen LogP contribution in [-0.4, -0.2) is 17.3 Å². The Hall–Kier alpha value is -0.230. The SMILES string of the molecule is CCC(C#N)(CC)S(C)(C)F. The van der Waals surface area contributed by atoms with Crippen molar-refractivity contribution in [3.8, 4) is 6.07 Å². The zero-order valence-electron chi connectivity index (χ0n) is 7.65. The van der Waals surface area contributed by atoms with Gasteiger partial charge in [-0.25, -0.2) is 0 Å². The standard InChI is InChI=1S/C8H16FNS/c1-5-8(6-2,7-10)11(3,4)9/h5-6H2,1-4H3. The molecule has 0 atom stereocenters. The maximum atomic E-state index is 13.6. The van der Waals surface area contributed by atoms with Gasteiger partial charge in [0.05, 0.1) is 6.07 Å². The Bertz CT molecular complexity index is 162. The van der Waals surface area contributed by atoms with Gasteiger partial charge < -0.3 is 0 Å². The third-order valence-corrected chi connectivity index (χ3v) is 4.80. The summed E-state index contributed by atoms with van der Waals surface area (Å²) < 4.78 is 12.9. The van der Waals surface area contributed by atoms with Crippen LogP contribution in [0, 0.1) is 11.3 Å². The minimum Gasteiger partial charge on any atom is -0.197 e. The summed E-state index contributed by atoms with van der Waals surface area (Å²) in [5, 5.41) is 8.84. The second-order valence-electron chi connectivity index (χ2n) is 3.02. The molecule has 0 aromatic rings. The van der Waals surface area contributed by atoms with Gasteiger partial charge in [-0.15, -0.1) is 0 Å². The first kappa shape index (κ1) is 10.8. The van der Waals surface area contributed by atoms with E-state index in [-0.39, 0.29) is 0 Å². The van der Waals surface area contributed by atoms with Crippen molar-refractivity contribution in [1.29, 1.82) is 5.26 Å². The fourth-order valence-corrected chi connectivity index (χ4v) is 2.79. The third kappa shape index (κ3) is 1.87. The highest BCUT2D eigenvalue weighted by atomic mass is 32.3. The minimum atomic E-state index is -2.24. The number of rotatable bonds is 3. The molecule has 0 bridgehead atoms. The van der Waals surface area contributed by atoms with E-state index in [0.29, 0.717) is 12.8 Å². The highest BCUT2D eigenvalue weighted by Crippen LogP contribution is 2.57. The lowest BCUT2D eigenvalue weighted by molar-refractivity contribution is 0.636. The van der Waals surface area contributed by atoms with E-state index >= 15 is 0 Å². The maximum Gasteiger partial charge on any atom is 0.111 e. The van der Waals surface area contributed by atoms with E-state index in [4.69, 9.17) is 5.26 Å². The number of halogens is 1. The second kappa shape index (κ2) is 3.44. The van der Waals surface area contributed by atoms with Crippen LogP contribution in [0.3, 0.4) is 0 Å². The van der Waals surface area contributed by atoms with Gasteiger partial charge in [0.15, 0.2) is 0 Å². The van der Waals surface area contributed by atoms with Crippen molar-refractivity contribution < 1.29 is 3.89 Å². The number of nitriles is 1. The van der Waals surface area contributed by atoms with Crippen molar-refractivity contribution in [1.82, 2.24) is 0 Å². The van der Waals surface area contributed by atoms with Gasteiger partial charge in [-0.1, -0.05) is 24.3 Å². The predicted octanol–water partition coefficient (Wildman–Crippen LogP) is 3.02. The van der Waals surface area contributed by atoms with Gasteiger partial charge in [-0.05, 0) is 25.4 Å². The van der Waals surface area contributed by atoms with Crippen molar-refractivity contribution in [2.45, 2.75) is 31.4 Å². The van der Waals surface area contributed by atoms with Crippen LogP contribution in [0.1, 0.15) is 26.7 Å². The fourth-order valence-electron chi connectivity index (χ4n) is 1.20. The first-order valence-corrected chi connectivity index (χ1v) is 6.12. The van der Waals surface area contributed by atoms with Crippen molar-refractivity contribution in [2.24, 2.45) is 0 Å². The molecule has 0 amide bonds. The molecule has 0 aromatic carbocycles. The zero-order valence-corrected chi connectivity index (χ0v) is 8.46.